The van der Waals surface area contributed by atoms with Crippen LogP contribution in [0.3, 0.4) is 0 Å². The van der Waals surface area contributed by atoms with Gasteiger partial charge in [-0.2, -0.15) is 18.3 Å². The molecule has 1 saturated heterocycles. The highest BCUT2D eigenvalue weighted by Crippen LogP contribution is 2.20. The molecule has 10 nitrogen and oxygen atoms in total. The smallest absolute Gasteiger partial charge is 0.381 e. The first-order valence-corrected chi connectivity index (χ1v) is 13.0. The minimum absolute atomic E-state index is 0.129. The third-order valence-electron chi connectivity index (χ3n) is 5.98. The molecule has 37 heavy (non-hydrogen) atoms. The minimum Gasteiger partial charge on any atom is -0.381 e. The molecule has 0 aromatic carbocycles. The third-order valence-corrected chi connectivity index (χ3v) is 5.98. The number of alkyl halides is 3. The first kappa shape index (κ1) is 32.6. The molecule has 1 heterocycles. The summed E-state index contributed by atoms with van der Waals surface area (Å²) < 4.78 is 44.4. The lowest BCUT2D eigenvalue weighted by molar-refractivity contribution is -0.121. The highest BCUT2D eigenvalue weighted by Gasteiger charge is 2.30. The van der Waals surface area contributed by atoms with Crippen molar-refractivity contribution in [2.24, 2.45) is 20.8 Å². The van der Waals surface area contributed by atoms with Crippen LogP contribution < -0.4 is 16.4 Å². The van der Waals surface area contributed by atoms with Crippen molar-refractivity contribution in [3.05, 3.63) is 0 Å². The number of rotatable bonds is 16. The largest absolute Gasteiger partial charge is 0.396 e. The summed E-state index contributed by atoms with van der Waals surface area (Å²) in [7, 11) is 1.95. The Morgan fingerprint density at radius 3 is 2.49 bits per heavy atom. The van der Waals surface area contributed by atoms with Crippen LogP contribution in [0.4, 0.5) is 13.2 Å². The molecule has 0 aliphatic carbocycles. The number of halogens is 3. The van der Waals surface area contributed by atoms with Crippen molar-refractivity contribution in [2.75, 3.05) is 53.0 Å². The maximum atomic E-state index is 13.0. The summed E-state index contributed by atoms with van der Waals surface area (Å²) in [6.07, 6.45) is -1.22. The number of piperidine rings is 1. The van der Waals surface area contributed by atoms with E-state index < -0.39 is 12.6 Å². The fourth-order valence-electron chi connectivity index (χ4n) is 3.81. The molecule has 0 saturated carbocycles. The highest BCUT2D eigenvalue weighted by atomic mass is 19.4. The number of nitrogens with one attached hydrogen (secondary N) is 2. The van der Waals surface area contributed by atoms with Crippen molar-refractivity contribution in [3.8, 4) is 0 Å². The summed E-state index contributed by atoms with van der Waals surface area (Å²) in [5.74, 6) is -0.413. The molecule has 0 aromatic rings. The quantitative estimate of drug-likeness (QED) is 0.0920. The first-order valence-electron chi connectivity index (χ1n) is 13.0. The molecule has 13 heteroatoms. The van der Waals surface area contributed by atoms with Gasteiger partial charge in [-0.25, -0.2) is 4.99 Å². The van der Waals surface area contributed by atoms with E-state index in [1.807, 2.05) is 19.0 Å². The highest BCUT2D eigenvalue weighted by molar-refractivity contribution is 6.00. The molecule has 1 aliphatic heterocycles. The van der Waals surface area contributed by atoms with Crippen molar-refractivity contribution in [1.29, 1.82) is 0 Å². The van der Waals surface area contributed by atoms with E-state index in [9.17, 15) is 18.0 Å². The number of guanidine groups is 1. The average molecular weight is 535 g/mol. The van der Waals surface area contributed by atoms with Crippen molar-refractivity contribution < 1.29 is 22.7 Å². The zero-order valence-electron chi connectivity index (χ0n) is 22.7. The minimum atomic E-state index is -4.43. The van der Waals surface area contributed by atoms with Gasteiger partial charge < -0.3 is 26.0 Å². The van der Waals surface area contributed by atoms with E-state index in [1.165, 1.54) is 0 Å². The number of nitrogens with two attached hydrogens (primary N) is 1. The molecule has 1 rings (SSSR count). The summed E-state index contributed by atoms with van der Waals surface area (Å²) in [5.41, 5.74) is 6.68. The lowest BCUT2D eigenvalue weighted by Gasteiger charge is -2.37. The van der Waals surface area contributed by atoms with Gasteiger partial charge in [0.1, 0.15) is 12.3 Å². The number of ether oxygens (including phenoxy) is 1. The van der Waals surface area contributed by atoms with Gasteiger partial charge in [0.15, 0.2) is 5.96 Å². The second-order valence-electron chi connectivity index (χ2n) is 9.29. The Kier molecular flexibility index (Phi) is 15.8. The molecule has 0 radical (unpaired) electrons. The number of hydrogen-bond acceptors (Lipinski definition) is 7. The topological polar surface area (TPSA) is 120 Å². The van der Waals surface area contributed by atoms with Crippen LogP contribution in [0.2, 0.25) is 0 Å². The van der Waals surface area contributed by atoms with Gasteiger partial charge in [-0.05, 0) is 46.0 Å². The number of aliphatic imine (C=N–C) groups is 2. The molecule has 1 aliphatic rings. The zero-order valence-corrected chi connectivity index (χ0v) is 22.7. The number of hydrazone groups is 1. The van der Waals surface area contributed by atoms with E-state index in [2.05, 4.69) is 39.4 Å². The van der Waals surface area contributed by atoms with E-state index in [4.69, 9.17) is 15.6 Å². The molecular weight excluding hydrogens is 489 g/mol. The van der Waals surface area contributed by atoms with Crippen LogP contribution in [0, 0.1) is 0 Å². The lowest BCUT2D eigenvalue weighted by Crippen LogP contribution is -2.44. The second-order valence-corrected chi connectivity index (χ2v) is 9.29. The zero-order chi connectivity index (χ0) is 27.7. The molecular formula is C24H45F3N8O2. The van der Waals surface area contributed by atoms with E-state index in [-0.39, 0.29) is 24.9 Å². The SMILES string of the molecule is CC/C(CN=C(N)NC(CC(F)(F)F)=NCCCOCCCNC=O)=N/N(C)C1CCN(C(C)C)CC1. The predicted octanol–water partition coefficient (Wildman–Crippen LogP) is 2.36. The number of carbonyl (C=O) groups excluding carboxylic acids is 1. The molecule has 0 atom stereocenters. The van der Waals surface area contributed by atoms with Crippen LogP contribution in [-0.2, 0) is 9.53 Å². The molecule has 0 spiro atoms. The van der Waals surface area contributed by atoms with Crippen LogP contribution in [0.15, 0.2) is 15.1 Å². The monoisotopic (exact) mass is 534 g/mol. The Bertz CT molecular complexity index is 736. The standard InChI is InChI=1S/C24H45F3N8O2/c1-5-20(33-34(4)21-8-12-35(13-9-21)19(2)3)17-31-23(28)32-22(16-24(25,26)27)30-11-7-15-37-14-6-10-29-18-36/h18-19,21H,5-17H2,1-4H3,(H,29,36)(H3,28,30,31,32)/b33-20-. The number of carbonyl (C=O) groups is 1. The predicted molar refractivity (Wildman–Crippen MR) is 142 cm³/mol. The van der Waals surface area contributed by atoms with Gasteiger partial charge >= 0.3 is 6.18 Å². The first-order chi connectivity index (χ1) is 17.6. The summed E-state index contributed by atoms with van der Waals surface area (Å²) in [6, 6.07) is 0.881. The van der Waals surface area contributed by atoms with Gasteiger partial charge in [0.05, 0.1) is 12.3 Å². The number of hydrogen-bond donors (Lipinski definition) is 3. The summed E-state index contributed by atoms with van der Waals surface area (Å²) in [5, 5.41) is 11.7. The van der Waals surface area contributed by atoms with Gasteiger partial charge in [0.25, 0.3) is 0 Å². The molecule has 214 valence electrons. The van der Waals surface area contributed by atoms with Crippen molar-refractivity contribution in [3.63, 3.8) is 0 Å². The van der Waals surface area contributed by atoms with Crippen LogP contribution in [0.1, 0.15) is 59.3 Å². The van der Waals surface area contributed by atoms with Gasteiger partial charge in [0.2, 0.25) is 6.41 Å². The molecule has 1 fully saturated rings. The number of nitrogens with zero attached hydrogens (tertiary/aromatic N) is 5. The molecule has 0 aromatic heterocycles. The van der Waals surface area contributed by atoms with Crippen LogP contribution in [0.5, 0.6) is 0 Å². The van der Waals surface area contributed by atoms with Crippen LogP contribution in [-0.4, -0.2) is 105 Å². The van der Waals surface area contributed by atoms with Gasteiger partial charge in [-0.3, -0.25) is 14.8 Å². The molecule has 4 N–H and O–H groups in total. The maximum absolute atomic E-state index is 13.0. The summed E-state index contributed by atoms with van der Waals surface area (Å²) in [4.78, 5) is 20.8. The van der Waals surface area contributed by atoms with Crippen molar-refractivity contribution >= 4 is 23.9 Å². The Balaban J connectivity index is 2.59. The van der Waals surface area contributed by atoms with Gasteiger partial charge in [-0.15, -0.1) is 0 Å². The van der Waals surface area contributed by atoms with E-state index >= 15 is 0 Å². The maximum Gasteiger partial charge on any atom is 0.396 e. The number of likely N-dealkylation sites (tertiary alicyclic amines) is 1. The van der Waals surface area contributed by atoms with E-state index in [0.717, 1.165) is 31.6 Å². The Hall–Kier alpha value is -2.41. The fraction of sp³-hybridized carbons (Fsp3) is 0.833. The van der Waals surface area contributed by atoms with Crippen LogP contribution in [0.25, 0.3) is 0 Å². The Labute approximate surface area is 219 Å². The van der Waals surface area contributed by atoms with Gasteiger partial charge in [0, 0.05) is 58.5 Å². The normalized spacial score (nSPS) is 16.8. The van der Waals surface area contributed by atoms with Gasteiger partial charge in [-0.1, -0.05) is 6.92 Å². The van der Waals surface area contributed by atoms with E-state index in [0.29, 0.717) is 57.5 Å². The number of amides is 1. The van der Waals surface area contributed by atoms with Crippen molar-refractivity contribution in [1.82, 2.24) is 20.5 Å². The second kappa shape index (κ2) is 17.9. The third kappa shape index (κ3) is 15.4. The molecule has 0 bridgehead atoms. The fourth-order valence-corrected chi connectivity index (χ4v) is 3.81. The summed E-state index contributed by atoms with van der Waals surface area (Å²) in [6.45, 7) is 10.1. The van der Waals surface area contributed by atoms with E-state index in [1.54, 1.807) is 0 Å². The van der Waals surface area contributed by atoms with Crippen molar-refractivity contribution in [2.45, 2.75) is 77.6 Å². The average Bonchev–Trinajstić information content (AvgIpc) is 2.84. The lowest BCUT2D eigenvalue weighted by atomic mass is 10.0. The summed E-state index contributed by atoms with van der Waals surface area (Å²) >= 11 is 0. The Morgan fingerprint density at radius 1 is 1.22 bits per heavy atom. The molecule has 1 amide bonds. The molecule has 0 unspecified atom stereocenters. The van der Waals surface area contributed by atoms with Crippen LogP contribution >= 0.6 is 0 Å². The Morgan fingerprint density at radius 2 is 1.89 bits per heavy atom. The number of amidine groups is 1.